The van der Waals surface area contributed by atoms with Crippen LogP contribution in [0.1, 0.15) is 26.4 Å². The van der Waals surface area contributed by atoms with E-state index in [1.54, 1.807) is 6.07 Å². The first-order valence-corrected chi connectivity index (χ1v) is 6.57. The summed E-state index contributed by atoms with van der Waals surface area (Å²) < 4.78 is 22.4. The summed E-state index contributed by atoms with van der Waals surface area (Å²) in [4.78, 5) is 38.3. The van der Waals surface area contributed by atoms with E-state index in [9.17, 15) is 24.0 Å². The van der Waals surface area contributed by atoms with Crippen molar-refractivity contribution in [3.05, 3.63) is 57.3 Å². The number of methoxy groups -OCH3 is 2. The maximum absolute atomic E-state index is 13.2. The molecule has 0 saturated heterocycles. The minimum atomic E-state index is -0.984. The highest BCUT2D eigenvalue weighted by Gasteiger charge is 2.28. The quantitative estimate of drug-likeness (QED) is 0.857. The second kappa shape index (κ2) is 6.75. The van der Waals surface area contributed by atoms with E-state index in [4.69, 9.17) is 0 Å². The summed E-state index contributed by atoms with van der Waals surface area (Å²) >= 11 is 0. The van der Waals surface area contributed by atoms with Crippen molar-refractivity contribution in [1.82, 2.24) is 4.98 Å². The molecule has 1 N–H and O–H groups in total. The third-order valence-electron chi connectivity index (χ3n) is 3.24. The molecule has 0 saturated carbocycles. The van der Waals surface area contributed by atoms with Crippen LogP contribution in [0.5, 0.6) is 0 Å². The largest absolute Gasteiger partial charge is 0.465 e. The van der Waals surface area contributed by atoms with E-state index in [-0.39, 0.29) is 16.8 Å². The number of nitriles is 1. The maximum Gasteiger partial charge on any atom is 0.355 e. The number of benzene rings is 1. The van der Waals surface area contributed by atoms with Gasteiger partial charge in [0.05, 0.1) is 19.8 Å². The van der Waals surface area contributed by atoms with Crippen LogP contribution in [0.25, 0.3) is 11.1 Å². The first-order chi connectivity index (χ1) is 11.4. The van der Waals surface area contributed by atoms with Crippen molar-refractivity contribution in [2.75, 3.05) is 14.2 Å². The van der Waals surface area contributed by atoms with E-state index in [0.717, 1.165) is 26.4 Å². The Morgan fingerprint density at radius 3 is 2.21 bits per heavy atom. The van der Waals surface area contributed by atoms with Gasteiger partial charge in [0.1, 0.15) is 23.1 Å². The topological polar surface area (TPSA) is 109 Å². The molecule has 0 fully saturated rings. The van der Waals surface area contributed by atoms with Gasteiger partial charge in [0, 0.05) is 5.56 Å². The Bertz CT molecular complexity index is 910. The summed E-state index contributed by atoms with van der Waals surface area (Å²) in [6, 6.07) is 6.41. The van der Waals surface area contributed by atoms with Crippen LogP contribution in [0.2, 0.25) is 0 Å². The number of rotatable bonds is 3. The summed E-state index contributed by atoms with van der Waals surface area (Å²) in [6.07, 6.45) is 0. The lowest BCUT2D eigenvalue weighted by molar-refractivity contribution is 0.0594. The van der Waals surface area contributed by atoms with Crippen molar-refractivity contribution in [1.29, 1.82) is 5.26 Å². The number of aromatic amines is 1. The number of esters is 2. The van der Waals surface area contributed by atoms with Gasteiger partial charge in [0.15, 0.2) is 0 Å². The van der Waals surface area contributed by atoms with Crippen molar-refractivity contribution < 1.29 is 23.5 Å². The molecule has 2 aromatic rings. The zero-order valence-corrected chi connectivity index (χ0v) is 12.7. The highest BCUT2D eigenvalue weighted by molar-refractivity contribution is 6.06. The molecule has 1 aromatic carbocycles. The van der Waals surface area contributed by atoms with Gasteiger partial charge in [-0.15, -0.1) is 0 Å². The lowest BCUT2D eigenvalue weighted by atomic mass is 9.94. The first-order valence-electron chi connectivity index (χ1n) is 6.57. The molecule has 0 amide bonds. The number of carbonyl (C=O) groups is 2. The molecule has 24 heavy (non-hydrogen) atoms. The number of hydrogen-bond donors (Lipinski definition) is 1. The predicted molar refractivity (Wildman–Crippen MR) is 79.9 cm³/mol. The van der Waals surface area contributed by atoms with Crippen molar-refractivity contribution in [2.24, 2.45) is 0 Å². The fourth-order valence-electron chi connectivity index (χ4n) is 2.18. The Hall–Kier alpha value is -3.47. The lowest BCUT2D eigenvalue weighted by Gasteiger charge is -2.13. The SMILES string of the molecule is COC(=O)c1[nH]c(=O)c(C#N)c(C(=O)OC)c1-c1ccc(F)cc1. The van der Waals surface area contributed by atoms with E-state index >= 15 is 0 Å². The van der Waals surface area contributed by atoms with Gasteiger partial charge in [-0.1, -0.05) is 12.1 Å². The molecule has 0 bridgehead atoms. The molecule has 0 radical (unpaired) electrons. The van der Waals surface area contributed by atoms with Gasteiger partial charge >= 0.3 is 11.9 Å². The minimum Gasteiger partial charge on any atom is -0.465 e. The van der Waals surface area contributed by atoms with Gasteiger partial charge in [-0.3, -0.25) is 4.79 Å². The van der Waals surface area contributed by atoms with Crippen molar-refractivity contribution in [3.63, 3.8) is 0 Å². The predicted octanol–water partition coefficient (Wildman–Crippen LogP) is 1.63. The molecule has 2 rings (SSSR count). The molecule has 0 aliphatic rings. The van der Waals surface area contributed by atoms with Gasteiger partial charge < -0.3 is 14.5 Å². The summed E-state index contributed by atoms with van der Waals surface area (Å²) in [5.41, 5.74) is -2.04. The Morgan fingerprint density at radius 1 is 1.12 bits per heavy atom. The molecule has 1 aromatic heterocycles. The van der Waals surface area contributed by atoms with E-state index in [1.165, 1.54) is 12.1 Å². The summed E-state index contributed by atoms with van der Waals surface area (Å²) in [5.74, 6) is -2.45. The van der Waals surface area contributed by atoms with Crippen LogP contribution in [0, 0.1) is 17.1 Å². The Labute approximate surface area is 135 Å². The molecule has 122 valence electrons. The summed E-state index contributed by atoms with van der Waals surface area (Å²) in [6.45, 7) is 0. The molecular formula is C16H11FN2O5. The fraction of sp³-hybridized carbons (Fsp3) is 0.125. The highest BCUT2D eigenvalue weighted by Crippen LogP contribution is 2.29. The normalized spacial score (nSPS) is 9.92. The maximum atomic E-state index is 13.2. The van der Waals surface area contributed by atoms with Crippen LogP contribution in [0.3, 0.4) is 0 Å². The highest BCUT2D eigenvalue weighted by atomic mass is 19.1. The number of halogens is 1. The summed E-state index contributed by atoms with van der Waals surface area (Å²) in [5, 5.41) is 9.19. The molecular weight excluding hydrogens is 319 g/mol. The zero-order valence-electron chi connectivity index (χ0n) is 12.7. The van der Waals surface area contributed by atoms with Crippen molar-refractivity contribution in [2.45, 2.75) is 0 Å². The van der Waals surface area contributed by atoms with Crippen molar-refractivity contribution in [3.8, 4) is 17.2 Å². The van der Waals surface area contributed by atoms with Crippen LogP contribution in [-0.2, 0) is 9.47 Å². The molecule has 0 aliphatic carbocycles. The van der Waals surface area contributed by atoms with Crippen LogP contribution in [0.15, 0.2) is 29.1 Å². The molecule has 1 heterocycles. The summed E-state index contributed by atoms with van der Waals surface area (Å²) in [7, 11) is 2.15. The van der Waals surface area contributed by atoms with Crippen LogP contribution in [-0.4, -0.2) is 31.1 Å². The monoisotopic (exact) mass is 330 g/mol. The standard InChI is InChI=1S/C16H11FN2O5/c1-23-15(21)12-10(7-18)14(20)19-13(16(22)24-2)11(12)8-3-5-9(17)6-4-8/h3-6H,1-2H3,(H,19,20). The lowest BCUT2D eigenvalue weighted by Crippen LogP contribution is -2.24. The smallest absolute Gasteiger partial charge is 0.355 e. The molecule has 0 unspecified atom stereocenters. The average molecular weight is 330 g/mol. The number of aromatic nitrogens is 1. The number of nitrogens with zero attached hydrogens (tertiary/aromatic N) is 1. The Balaban J connectivity index is 2.98. The van der Waals surface area contributed by atoms with Crippen LogP contribution >= 0.6 is 0 Å². The number of H-pyrrole nitrogens is 1. The first kappa shape index (κ1) is 16.9. The van der Waals surface area contributed by atoms with E-state index < -0.39 is 34.4 Å². The van der Waals surface area contributed by atoms with Crippen molar-refractivity contribution >= 4 is 11.9 Å². The fourth-order valence-corrected chi connectivity index (χ4v) is 2.18. The van der Waals surface area contributed by atoms with E-state index in [0.29, 0.717) is 0 Å². The molecule has 0 aliphatic heterocycles. The Morgan fingerprint density at radius 2 is 1.71 bits per heavy atom. The molecule has 8 heteroatoms. The van der Waals surface area contributed by atoms with Gasteiger partial charge in [-0.05, 0) is 17.7 Å². The van der Waals surface area contributed by atoms with Gasteiger partial charge in [0.25, 0.3) is 5.56 Å². The third-order valence-corrected chi connectivity index (χ3v) is 3.24. The molecule has 0 atom stereocenters. The third kappa shape index (κ3) is 2.87. The minimum absolute atomic E-state index is 0.0788. The molecule has 7 nitrogen and oxygen atoms in total. The Kier molecular flexibility index (Phi) is 4.75. The number of hydrogen-bond acceptors (Lipinski definition) is 6. The zero-order chi connectivity index (χ0) is 17.9. The molecule has 0 spiro atoms. The van der Waals surface area contributed by atoms with E-state index in [1.807, 2.05) is 0 Å². The number of carbonyl (C=O) groups excluding carboxylic acids is 2. The average Bonchev–Trinajstić information content (AvgIpc) is 2.60. The second-order valence-electron chi connectivity index (χ2n) is 4.56. The van der Waals surface area contributed by atoms with Gasteiger partial charge in [0.2, 0.25) is 0 Å². The van der Waals surface area contributed by atoms with Gasteiger partial charge in [-0.25, -0.2) is 14.0 Å². The second-order valence-corrected chi connectivity index (χ2v) is 4.56. The number of ether oxygens (including phenoxy) is 2. The van der Waals surface area contributed by atoms with Gasteiger partial charge in [-0.2, -0.15) is 5.26 Å². The van der Waals surface area contributed by atoms with Crippen LogP contribution in [0.4, 0.5) is 4.39 Å². The van der Waals surface area contributed by atoms with Crippen LogP contribution < -0.4 is 5.56 Å². The number of pyridine rings is 1. The van der Waals surface area contributed by atoms with E-state index in [2.05, 4.69) is 14.5 Å². The number of nitrogens with one attached hydrogen (secondary N) is 1.